The van der Waals surface area contributed by atoms with Gasteiger partial charge in [0.1, 0.15) is 0 Å². The zero-order valence-electron chi connectivity index (χ0n) is 6.87. The molecular formula is C7H8N2O2S2. The van der Waals surface area contributed by atoms with E-state index in [0.29, 0.717) is 11.4 Å². The molecule has 0 amide bonds. The van der Waals surface area contributed by atoms with Crippen molar-refractivity contribution < 1.29 is 8.42 Å². The average molecular weight is 216 g/mol. The Hall–Kier alpha value is -1.01. The minimum absolute atomic E-state index is 0.312. The van der Waals surface area contributed by atoms with Crippen molar-refractivity contribution in [1.82, 2.24) is 0 Å². The van der Waals surface area contributed by atoms with Gasteiger partial charge in [-0.05, 0) is 13.0 Å². The van der Waals surface area contributed by atoms with Crippen LogP contribution in [0.2, 0.25) is 0 Å². The molecule has 0 spiro atoms. The Bertz CT molecular complexity index is 485. The molecule has 0 aliphatic carbocycles. The van der Waals surface area contributed by atoms with Gasteiger partial charge in [0.15, 0.2) is 0 Å². The maximum atomic E-state index is 11.2. The summed E-state index contributed by atoms with van der Waals surface area (Å²) in [4.78, 5) is 1.83. The molecule has 0 saturated carbocycles. The standard InChI is InChI=1S/C7H8N2O2S2/c1-4-2-6-7(12-4)5(8)3-13(10,11)9-6/h2-3,9H,8H2,1H3. The van der Waals surface area contributed by atoms with E-state index in [4.69, 9.17) is 5.73 Å². The smallest absolute Gasteiger partial charge is 0.257 e. The van der Waals surface area contributed by atoms with Gasteiger partial charge in [0.25, 0.3) is 10.0 Å². The van der Waals surface area contributed by atoms with Gasteiger partial charge in [0.05, 0.1) is 21.7 Å². The molecule has 1 aliphatic rings. The fourth-order valence-corrected chi connectivity index (χ4v) is 3.22. The average Bonchev–Trinajstić information content (AvgIpc) is 2.27. The number of hydrogen-bond acceptors (Lipinski definition) is 4. The largest absolute Gasteiger partial charge is 0.397 e. The number of fused-ring (bicyclic) bond motifs is 1. The Balaban J connectivity index is 2.67. The zero-order valence-corrected chi connectivity index (χ0v) is 8.50. The molecule has 1 aliphatic heterocycles. The highest BCUT2D eigenvalue weighted by Gasteiger charge is 2.21. The predicted octanol–water partition coefficient (Wildman–Crippen LogP) is 1.07. The molecule has 0 aromatic carbocycles. The Morgan fingerprint density at radius 1 is 1.54 bits per heavy atom. The summed E-state index contributed by atoms with van der Waals surface area (Å²) in [5.41, 5.74) is 6.49. The molecule has 3 N–H and O–H groups in total. The van der Waals surface area contributed by atoms with Crippen LogP contribution in [0.4, 0.5) is 5.69 Å². The molecule has 0 bridgehead atoms. The maximum absolute atomic E-state index is 11.2. The van der Waals surface area contributed by atoms with Crippen LogP contribution in [-0.4, -0.2) is 8.42 Å². The van der Waals surface area contributed by atoms with Crippen LogP contribution in [0.25, 0.3) is 5.70 Å². The third-order valence-electron chi connectivity index (χ3n) is 1.65. The van der Waals surface area contributed by atoms with Gasteiger partial charge in [-0.15, -0.1) is 11.3 Å². The lowest BCUT2D eigenvalue weighted by Gasteiger charge is -2.11. The van der Waals surface area contributed by atoms with Crippen molar-refractivity contribution in [1.29, 1.82) is 0 Å². The third kappa shape index (κ3) is 1.42. The van der Waals surface area contributed by atoms with Gasteiger partial charge in [-0.1, -0.05) is 0 Å². The molecule has 0 atom stereocenters. The second-order valence-corrected chi connectivity index (χ2v) is 5.61. The van der Waals surface area contributed by atoms with Crippen molar-refractivity contribution in [3.63, 3.8) is 0 Å². The molecule has 0 unspecified atom stereocenters. The number of nitrogens with one attached hydrogen (secondary N) is 1. The summed E-state index contributed by atoms with van der Waals surface area (Å²) in [6.07, 6.45) is 0. The van der Waals surface area contributed by atoms with Crippen LogP contribution in [-0.2, 0) is 10.0 Å². The summed E-state index contributed by atoms with van der Waals surface area (Å²) in [6, 6.07) is 1.78. The molecule has 0 saturated heterocycles. The summed E-state index contributed by atoms with van der Waals surface area (Å²) in [5, 5.41) is 1.05. The number of anilines is 1. The highest BCUT2D eigenvalue weighted by molar-refractivity contribution is 7.95. The Morgan fingerprint density at radius 2 is 2.23 bits per heavy atom. The zero-order chi connectivity index (χ0) is 9.64. The maximum Gasteiger partial charge on any atom is 0.257 e. The Morgan fingerprint density at radius 3 is 2.92 bits per heavy atom. The van der Waals surface area contributed by atoms with Crippen LogP contribution in [0.3, 0.4) is 0 Å². The Labute approximate surface area is 80.1 Å². The molecular weight excluding hydrogens is 208 g/mol. The molecule has 2 rings (SSSR count). The minimum Gasteiger partial charge on any atom is -0.397 e. The lowest BCUT2D eigenvalue weighted by atomic mass is 10.3. The number of sulfonamides is 1. The molecule has 0 fully saturated rings. The van der Waals surface area contributed by atoms with Crippen LogP contribution in [0.1, 0.15) is 9.75 Å². The first-order valence-corrected chi connectivity index (χ1v) is 5.95. The highest BCUT2D eigenvalue weighted by atomic mass is 32.2. The predicted molar refractivity (Wildman–Crippen MR) is 53.8 cm³/mol. The van der Waals surface area contributed by atoms with E-state index in [9.17, 15) is 8.42 Å². The van der Waals surface area contributed by atoms with E-state index in [1.54, 1.807) is 6.07 Å². The number of hydrogen-bond donors (Lipinski definition) is 2. The van der Waals surface area contributed by atoms with E-state index in [-0.39, 0.29) is 0 Å². The lowest BCUT2D eigenvalue weighted by molar-refractivity contribution is 0.609. The van der Waals surface area contributed by atoms with Crippen LogP contribution >= 0.6 is 11.3 Å². The van der Waals surface area contributed by atoms with E-state index >= 15 is 0 Å². The minimum atomic E-state index is -3.36. The van der Waals surface area contributed by atoms with Crippen molar-refractivity contribution >= 4 is 32.7 Å². The fraction of sp³-hybridized carbons (Fsp3) is 0.143. The van der Waals surface area contributed by atoms with Gasteiger partial charge in [0, 0.05) is 4.88 Å². The second kappa shape index (κ2) is 2.49. The number of nitrogens with two attached hydrogens (primary N) is 1. The van der Waals surface area contributed by atoms with E-state index in [1.807, 2.05) is 6.92 Å². The van der Waals surface area contributed by atoms with Crippen molar-refractivity contribution in [3.05, 3.63) is 21.2 Å². The van der Waals surface area contributed by atoms with Gasteiger partial charge in [-0.25, -0.2) is 8.42 Å². The normalized spacial score (nSPS) is 18.7. The van der Waals surface area contributed by atoms with Gasteiger partial charge in [0.2, 0.25) is 0 Å². The first-order chi connectivity index (χ1) is 5.98. The van der Waals surface area contributed by atoms with E-state index in [2.05, 4.69) is 4.72 Å². The van der Waals surface area contributed by atoms with Crippen LogP contribution in [0.5, 0.6) is 0 Å². The lowest BCUT2D eigenvalue weighted by Crippen LogP contribution is -2.16. The molecule has 0 radical (unpaired) electrons. The Kier molecular flexibility index (Phi) is 1.64. The summed E-state index contributed by atoms with van der Waals surface area (Å²) < 4.78 is 24.8. The van der Waals surface area contributed by atoms with Crippen LogP contribution in [0.15, 0.2) is 11.5 Å². The molecule has 13 heavy (non-hydrogen) atoms. The quantitative estimate of drug-likeness (QED) is 0.681. The topological polar surface area (TPSA) is 72.2 Å². The molecule has 70 valence electrons. The summed E-state index contributed by atoms with van der Waals surface area (Å²) in [6.45, 7) is 1.91. The van der Waals surface area contributed by atoms with E-state index < -0.39 is 10.0 Å². The third-order valence-corrected chi connectivity index (χ3v) is 3.82. The van der Waals surface area contributed by atoms with Gasteiger partial charge in [-0.3, -0.25) is 4.72 Å². The van der Waals surface area contributed by atoms with Crippen molar-refractivity contribution in [2.24, 2.45) is 5.73 Å². The van der Waals surface area contributed by atoms with E-state index in [1.165, 1.54) is 11.3 Å². The molecule has 6 heteroatoms. The van der Waals surface area contributed by atoms with E-state index in [0.717, 1.165) is 15.2 Å². The highest BCUT2D eigenvalue weighted by Crippen LogP contribution is 2.34. The summed E-state index contributed by atoms with van der Waals surface area (Å²) in [7, 11) is -3.36. The van der Waals surface area contributed by atoms with Crippen molar-refractivity contribution in [3.8, 4) is 0 Å². The van der Waals surface area contributed by atoms with Gasteiger partial charge < -0.3 is 5.73 Å². The second-order valence-electron chi connectivity index (χ2n) is 2.82. The molecule has 2 heterocycles. The number of rotatable bonds is 0. The molecule has 1 aromatic heterocycles. The van der Waals surface area contributed by atoms with Gasteiger partial charge >= 0.3 is 0 Å². The molecule has 4 nitrogen and oxygen atoms in total. The van der Waals surface area contributed by atoms with Gasteiger partial charge in [-0.2, -0.15) is 0 Å². The van der Waals surface area contributed by atoms with Crippen molar-refractivity contribution in [2.75, 3.05) is 4.72 Å². The first kappa shape index (κ1) is 8.58. The first-order valence-electron chi connectivity index (χ1n) is 3.59. The fourth-order valence-electron chi connectivity index (χ4n) is 1.21. The number of aryl methyl sites for hydroxylation is 1. The number of thiophene rings is 1. The molecule has 1 aromatic rings. The SMILES string of the molecule is Cc1cc2c(s1)C(N)=CS(=O)(=O)N2. The van der Waals surface area contributed by atoms with Crippen LogP contribution in [0, 0.1) is 6.92 Å². The summed E-state index contributed by atoms with van der Waals surface area (Å²) in [5.74, 6) is 0. The van der Waals surface area contributed by atoms with Crippen LogP contribution < -0.4 is 10.5 Å². The monoisotopic (exact) mass is 216 g/mol. The summed E-state index contributed by atoms with van der Waals surface area (Å²) >= 11 is 1.48. The van der Waals surface area contributed by atoms with Crippen molar-refractivity contribution in [2.45, 2.75) is 6.92 Å².